The fraction of sp³-hybridized carbons (Fsp3) is 0.667. The topological polar surface area (TPSA) is 30.7 Å². The Kier molecular flexibility index (Phi) is 2.51. The Morgan fingerprint density at radius 3 is 2.82 bits per heavy atom. The Morgan fingerprint density at radius 1 is 1.64 bits per heavy atom. The molecule has 0 unspecified atom stereocenters. The minimum atomic E-state index is -2.28. The number of alkyl halides is 2. The zero-order chi connectivity index (χ0) is 8.27. The summed E-state index contributed by atoms with van der Waals surface area (Å²) in [6.45, 7) is 1.96. The largest absolute Gasteiger partial charge is 0.240 e. The van der Waals surface area contributed by atoms with E-state index in [1.807, 2.05) is 0 Å². The third kappa shape index (κ3) is 2.61. The molecule has 0 N–H and O–H groups in total. The van der Waals surface area contributed by atoms with E-state index < -0.39 is 6.43 Å². The maximum atomic E-state index is 11.7. The first-order valence-corrected chi connectivity index (χ1v) is 3.33. The van der Waals surface area contributed by atoms with Gasteiger partial charge >= 0.3 is 0 Å². The van der Waals surface area contributed by atoms with E-state index in [1.165, 1.54) is 4.80 Å². The Labute approximate surface area is 63.0 Å². The molecular formula is C6H9F2N3. The van der Waals surface area contributed by atoms with Crippen LogP contribution < -0.4 is 0 Å². The molecule has 0 radical (unpaired) electrons. The van der Waals surface area contributed by atoms with Gasteiger partial charge in [0.05, 0.1) is 18.4 Å². The van der Waals surface area contributed by atoms with Crippen molar-refractivity contribution in [3.8, 4) is 0 Å². The maximum Gasteiger partial charge on any atom is 0.240 e. The van der Waals surface area contributed by atoms with E-state index in [1.54, 1.807) is 13.1 Å². The second kappa shape index (κ2) is 3.41. The number of hydrogen-bond donors (Lipinski definition) is 0. The van der Waals surface area contributed by atoms with E-state index in [0.29, 0.717) is 0 Å². The van der Waals surface area contributed by atoms with Gasteiger partial charge in [-0.15, -0.1) is 0 Å². The molecule has 62 valence electrons. The van der Waals surface area contributed by atoms with E-state index >= 15 is 0 Å². The first-order valence-electron chi connectivity index (χ1n) is 3.33. The highest BCUT2D eigenvalue weighted by Crippen LogP contribution is 2.00. The summed E-state index contributed by atoms with van der Waals surface area (Å²) in [7, 11) is 0. The average molecular weight is 161 g/mol. The number of halogens is 2. The van der Waals surface area contributed by atoms with Gasteiger partial charge in [0.25, 0.3) is 0 Å². The van der Waals surface area contributed by atoms with Crippen molar-refractivity contribution >= 4 is 0 Å². The smallest absolute Gasteiger partial charge is 0.210 e. The van der Waals surface area contributed by atoms with E-state index in [2.05, 4.69) is 10.2 Å². The lowest BCUT2D eigenvalue weighted by molar-refractivity contribution is 0.128. The van der Waals surface area contributed by atoms with Crippen LogP contribution in [0.15, 0.2) is 6.20 Å². The number of nitrogens with zero attached hydrogens (tertiary/aromatic N) is 3. The highest BCUT2D eigenvalue weighted by atomic mass is 19.3. The molecule has 1 heterocycles. The lowest BCUT2D eigenvalue weighted by atomic mass is 10.5. The van der Waals surface area contributed by atoms with E-state index in [4.69, 9.17) is 0 Å². The van der Waals surface area contributed by atoms with Gasteiger partial charge < -0.3 is 0 Å². The van der Waals surface area contributed by atoms with Gasteiger partial charge in [-0.2, -0.15) is 15.0 Å². The van der Waals surface area contributed by atoms with Crippen molar-refractivity contribution in [2.75, 3.05) is 0 Å². The Hall–Kier alpha value is -1.00. The van der Waals surface area contributed by atoms with Crippen LogP contribution in [0, 0.1) is 6.92 Å². The van der Waals surface area contributed by atoms with E-state index in [9.17, 15) is 8.78 Å². The molecule has 1 aromatic rings. The van der Waals surface area contributed by atoms with Crippen LogP contribution in [0.1, 0.15) is 12.1 Å². The molecule has 0 aliphatic heterocycles. The van der Waals surface area contributed by atoms with Crippen LogP contribution in [0.2, 0.25) is 0 Å². The SMILES string of the molecule is Cc1cnn(CCC(F)F)n1. The highest BCUT2D eigenvalue weighted by molar-refractivity contribution is 4.84. The molecule has 0 saturated heterocycles. The maximum absolute atomic E-state index is 11.7. The quantitative estimate of drug-likeness (QED) is 0.667. The van der Waals surface area contributed by atoms with Gasteiger partial charge in [0.2, 0.25) is 6.43 Å². The molecule has 1 aromatic heterocycles. The molecule has 0 spiro atoms. The average Bonchev–Trinajstić information content (AvgIpc) is 2.31. The molecule has 0 aromatic carbocycles. The summed E-state index contributed by atoms with van der Waals surface area (Å²) in [6, 6.07) is 0. The fourth-order valence-electron chi connectivity index (χ4n) is 0.705. The van der Waals surface area contributed by atoms with Gasteiger partial charge in [0.1, 0.15) is 0 Å². The van der Waals surface area contributed by atoms with Crippen LogP contribution in [0.4, 0.5) is 8.78 Å². The second-order valence-electron chi connectivity index (χ2n) is 2.26. The number of aromatic nitrogens is 3. The number of hydrogen-bond acceptors (Lipinski definition) is 2. The van der Waals surface area contributed by atoms with Crippen molar-refractivity contribution < 1.29 is 8.78 Å². The van der Waals surface area contributed by atoms with Crippen molar-refractivity contribution in [3.05, 3.63) is 11.9 Å². The zero-order valence-electron chi connectivity index (χ0n) is 6.17. The first kappa shape index (κ1) is 8.10. The molecule has 3 nitrogen and oxygen atoms in total. The third-order valence-corrected chi connectivity index (χ3v) is 1.20. The fourth-order valence-corrected chi connectivity index (χ4v) is 0.705. The predicted octanol–water partition coefficient (Wildman–Crippen LogP) is 1.24. The molecule has 0 bridgehead atoms. The van der Waals surface area contributed by atoms with Crippen LogP contribution in [-0.2, 0) is 6.54 Å². The lowest BCUT2D eigenvalue weighted by Gasteiger charge is -1.97. The third-order valence-electron chi connectivity index (χ3n) is 1.20. The second-order valence-corrected chi connectivity index (χ2v) is 2.26. The van der Waals surface area contributed by atoms with Gasteiger partial charge in [-0.05, 0) is 6.92 Å². The number of rotatable bonds is 3. The minimum absolute atomic E-state index is 0.186. The lowest BCUT2D eigenvalue weighted by Crippen LogP contribution is -2.05. The normalized spacial score (nSPS) is 10.9. The van der Waals surface area contributed by atoms with Crippen LogP contribution in [-0.4, -0.2) is 21.4 Å². The Morgan fingerprint density at radius 2 is 2.36 bits per heavy atom. The Balaban J connectivity index is 2.39. The van der Waals surface area contributed by atoms with Crippen molar-refractivity contribution in [2.45, 2.75) is 26.3 Å². The molecule has 0 aliphatic rings. The molecular weight excluding hydrogens is 152 g/mol. The van der Waals surface area contributed by atoms with Gasteiger partial charge in [-0.1, -0.05) is 0 Å². The van der Waals surface area contributed by atoms with E-state index in [0.717, 1.165) is 5.69 Å². The molecule has 0 saturated carbocycles. The molecule has 11 heavy (non-hydrogen) atoms. The summed E-state index contributed by atoms with van der Waals surface area (Å²) in [5.74, 6) is 0. The Bertz CT molecular complexity index is 221. The van der Waals surface area contributed by atoms with Gasteiger partial charge in [0.15, 0.2) is 0 Å². The monoisotopic (exact) mass is 161 g/mol. The molecule has 0 atom stereocenters. The molecule has 5 heteroatoms. The first-order chi connectivity index (χ1) is 5.18. The van der Waals surface area contributed by atoms with Crippen molar-refractivity contribution in [3.63, 3.8) is 0 Å². The summed E-state index contributed by atoms with van der Waals surface area (Å²) in [4.78, 5) is 1.28. The highest BCUT2D eigenvalue weighted by Gasteiger charge is 2.03. The molecule has 0 fully saturated rings. The molecule has 0 amide bonds. The summed E-state index contributed by atoms with van der Waals surface area (Å²) >= 11 is 0. The van der Waals surface area contributed by atoms with Crippen molar-refractivity contribution in [1.29, 1.82) is 0 Å². The van der Waals surface area contributed by atoms with Crippen molar-refractivity contribution in [2.24, 2.45) is 0 Å². The molecule has 0 aliphatic carbocycles. The van der Waals surface area contributed by atoms with E-state index in [-0.39, 0.29) is 13.0 Å². The minimum Gasteiger partial charge on any atom is -0.210 e. The summed E-state index contributed by atoms with van der Waals surface area (Å²) in [5.41, 5.74) is 0.749. The van der Waals surface area contributed by atoms with Crippen LogP contribution >= 0.6 is 0 Å². The summed E-state index contributed by atoms with van der Waals surface area (Å²) in [5, 5.41) is 7.61. The predicted molar refractivity (Wildman–Crippen MR) is 35.4 cm³/mol. The zero-order valence-corrected chi connectivity index (χ0v) is 6.17. The van der Waals surface area contributed by atoms with Gasteiger partial charge in [-0.25, -0.2) is 8.78 Å². The van der Waals surface area contributed by atoms with Crippen molar-refractivity contribution in [1.82, 2.24) is 15.0 Å². The standard InChI is InChI=1S/C6H9F2N3/c1-5-4-9-11(10-5)3-2-6(7)8/h4,6H,2-3H2,1H3. The van der Waals surface area contributed by atoms with Crippen LogP contribution in [0.3, 0.4) is 0 Å². The summed E-state index contributed by atoms with van der Waals surface area (Å²) < 4.78 is 23.3. The van der Waals surface area contributed by atoms with Crippen LogP contribution in [0.25, 0.3) is 0 Å². The summed E-state index contributed by atoms with van der Waals surface area (Å²) in [6.07, 6.45) is -0.916. The van der Waals surface area contributed by atoms with Gasteiger partial charge in [0, 0.05) is 6.42 Å². The molecule has 1 rings (SSSR count). The van der Waals surface area contributed by atoms with Crippen LogP contribution in [0.5, 0.6) is 0 Å². The number of aryl methyl sites for hydroxylation is 2. The van der Waals surface area contributed by atoms with Gasteiger partial charge in [-0.3, -0.25) is 0 Å².